The average molecular weight is 273 g/mol. The Morgan fingerprint density at radius 2 is 1.70 bits per heavy atom. The molecule has 0 radical (unpaired) electrons. The monoisotopic (exact) mass is 273 g/mol. The molecule has 106 valence electrons. The fourth-order valence-electron chi connectivity index (χ4n) is 3.25. The molecule has 0 aromatic carbocycles. The number of anilines is 1. The highest BCUT2D eigenvalue weighted by molar-refractivity contribution is 5.60. The number of hydrogen-bond donors (Lipinski definition) is 0. The fraction of sp³-hybridized carbons (Fsp3) is 0.692. The zero-order valence-corrected chi connectivity index (χ0v) is 11.8. The standard InChI is InChI=1S/C13H19N7/c1-18-6-8-19(9-7-18)13-11-5-3-2-4-10(11)12-14-16-17-20(12)15-13/h2-9H2,1H3. The number of aromatic nitrogens is 5. The smallest absolute Gasteiger partial charge is 0.203 e. The number of likely N-dealkylation sites (N-methyl/N-ethyl adjacent to an activating group) is 1. The van der Waals surface area contributed by atoms with Crippen LogP contribution in [0, 0.1) is 0 Å². The van der Waals surface area contributed by atoms with E-state index >= 15 is 0 Å². The van der Waals surface area contributed by atoms with Crippen LogP contribution in [-0.4, -0.2) is 63.4 Å². The molecule has 4 rings (SSSR count). The molecule has 20 heavy (non-hydrogen) atoms. The third-order valence-corrected chi connectivity index (χ3v) is 4.45. The number of rotatable bonds is 1. The number of hydrogen-bond acceptors (Lipinski definition) is 6. The van der Waals surface area contributed by atoms with Gasteiger partial charge in [-0.05, 0) is 43.2 Å². The topological polar surface area (TPSA) is 62.5 Å². The number of fused-ring (bicyclic) bond motifs is 3. The van der Waals surface area contributed by atoms with E-state index in [9.17, 15) is 0 Å². The quantitative estimate of drug-likeness (QED) is 0.737. The maximum absolute atomic E-state index is 4.69. The van der Waals surface area contributed by atoms with Crippen molar-refractivity contribution in [2.75, 3.05) is 38.1 Å². The summed E-state index contributed by atoms with van der Waals surface area (Å²) in [5.41, 5.74) is 3.53. The summed E-state index contributed by atoms with van der Waals surface area (Å²) in [6.45, 7) is 4.24. The molecule has 1 fully saturated rings. The van der Waals surface area contributed by atoms with Gasteiger partial charge in [-0.3, -0.25) is 0 Å². The third kappa shape index (κ3) is 1.84. The van der Waals surface area contributed by atoms with Crippen LogP contribution in [0.25, 0.3) is 5.65 Å². The Balaban J connectivity index is 1.82. The summed E-state index contributed by atoms with van der Waals surface area (Å²) in [7, 11) is 2.17. The van der Waals surface area contributed by atoms with Gasteiger partial charge in [0.1, 0.15) is 0 Å². The van der Waals surface area contributed by atoms with Gasteiger partial charge in [0.2, 0.25) is 5.65 Å². The van der Waals surface area contributed by atoms with E-state index in [0.717, 1.165) is 50.5 Å². The van der Waals surface area contributed by atoms with Crippen LogP contribution in [0.1, 0.15) is 24.0 Å². The summed E-state index contributed by atoms with van der Waals surface area (Å²) >= 11 is 0. The van der Waals surface area contributed by atoms with Gasteiger partial charge in [0.15, 0.2) is 5.82 Å². The van der Waals surface area contributed by atoms with E-state index in [2.05, 4.69) is 37.5 Å². The highest BCUT2D eigenvalue weighted by Crippen LogP contribution is 2.30. The van der Waals surface area contributed by atoms with Crippen LogP contribution < -0.4 is 4.90 Å². The number of aryl methyl sites for hydroxylation is 1. The Morgan fingerprint density at radius 1 is 0.950 bits per heavy atom. The molecule has 1 aliphatic heterocycles. The minimum atomic E-state index is 0.845. The van der Waals surface area contributed by atoms with Crippen LogP contribution >= 0.6 is 0 Å². The highest BCUT2D eigenvalue weighted by atomic mass is 15.6. The van der Waals surface area contributed by atoms with Crippen molar-refractivity contribution in [2.24, 2.45) is 0 Å². The maximum atomic E-state index is 4.69. The molecule has 2 aromatic heterocycles. The summed E-state index contributed by atoms with van der Waals surface area (Å²) in [5, 5.41) is 16.6. The van der Waals surface area contributed by atoms with Crippen molar-refractivity contribution in [1.82, 2.24) is 30.2 Å². The van der Waals surface area contributed by atoms with Crippen molar-refractivity contribution in [2.45, 2.75) is 25.7 Å². The van der Waals surface area contributed by atoms with Crippen LogP contribution in [0.2, 0.25) is 0 Å². The first-order valence-electron chi connectivity index (χ1n) is 7.36. The lowest BCUT2D eigenvalue weighted by Gasteiger charge is -2.35. The molecule has 0 atom stereocenters. The Labute approximate surface area is 117 Å². The number of nitrogens with zero attached hydrogens (tertiary/aromatic N) is 7. The second-order valence-electron chi connectivity index (χ2n) is 5.77. The Bertz CT molecular complexity index is 627. The number of piperazine rings is 1. The SMILES string of the molecule is CN1CCN(c2nn3nnnc3c3c2CCCC3)CC1. The predicted octanol–water partition coefficient (Wildman–Crippen LogP) is 0.150. The lowest BCUT2D eigenvalue weighted by Crippen LogP contribution is -2.45. The zero-order valence-electron chi connectivity index (χ0n) is 11.8. The molecule has 7 nitrogen and oxygen atoms in total. The molecule has 0 N–H and O–H groups in total. The van der Waals surface area contributed by atoms with Crippen molar-refractivity contribution in [3.8, 4) is 0 Å². The van der Waals surface area contributed by atoms with E-state index < -0.39 is 0 Å². The first-order chi connectivity index (χ1) is 9.83. The Kier molecular flexibility index (Phi) is 2.80. The highest BCUT2D eigenvalue weighted by Gasteiger charge is 2.25. The first-order valence-corrected chi connectivity index (χ1v) is 7.36. The largest absolute Gasteiger partial charge is 0.352 e. The van der Waals surface area contributed by atoms with Crippen molar-refractivity contribution < 1.29 is 0 Å². The molecule has 7 heteroatoms. The first kappa shape index (κ1) is 12.0. The van der Waals surface area contributed by atoms with Gasteiger partial charge in [0.25, 0.3) is 0 Å². The molecule has 0 saturated carbocycles. The van der Waals surface area contributed by atoms with Crippen LogP contribution in [-0.2, 0) is 12.8 Å². The minimum Gasteiger partial charge on any atom is -0.352 e. The van der Waals surface area contributed by atoms with E-state index in [1.807, 2.05) is 0 Å². The third-order valence-electron chi connectivity index (χ3n) is 4.45. The molecule has 0 unspecified atom stereocenters. The van der Waals surface area contributed by atoms with Crippen LogP contribution in [0.3, 0.4) is 0 Å². The second kappa shape index (κ2) is 4.66. The fourth-order valence-corrected chi connectivity index (χ4v) is 3.25. The van der Waals surface area contributed by atoms with Gasteiger partial charge >= 0.3 is 0 Å². The van der Waals surface area contributed by atoms with E-state index in [-0.39, 0.29) is 0 Å². The van der Waals surface area contributed by atoms with Crippen LogP contribution in [0.4, 0.5) is 5.82 Å². The summed E-state index contributed by atoms with van der Waals surface area (Å²) in [6, 6.07) is 0. The zero-order chi connectivity index (χ0) is 13.5. The lowest BCUT2D eigenvalue weighted by molar-refractivity contribution is 0.311. The van der Waals surface area contributed by atoms with Gasteiger partial charge in [0.05, 0.1) is 0 Å². The van der Waals surface area contributed by atoms with Crippen molar-refractivity contribution in [1.29, 1.82) is 0 Å². The summed E-state index contributed by atoms with van der Waals surface area (Å²) in [5.74, 6) is 1.10. The number of tetrazole rings is 1. The Hall–Kier alpha value is -1.76. The molecule has 0 amide bonds. The average Bonchev–Trinajstić information content (AvgIpc) is 2.96. The summed E-state index contributed by atoms with van der Waals surface area (Å²) in [4.78, 5) is 4.75. The van der Waals surface area contributed by atoms with E-state index in [1.54, 1.807) is 4.63 Å². The van der Waals surface area contributed by atoms with Gasteiger partial charge in [-0.1, -0.05) is 0 Å². The van der Waals surface area contributed by atoms with Crippen LogP contribution in [0.5, 0.6) is 0 Å². The molecule has 2 aromatic rings. The van der Waals surface area contributed by atoms with Gasteiger partial charge in [-0.15, -0.1) is 14.8 Å². The van der Waals surface area contributed by atoms with Crippen LogP contribution in [0.15, 0.2) is 0 Å². The maximum Gasteiger partial charge on any atom is 0.203 e. The molecule has 0 bridgehead atoms. The van der Waals surface area contributed by atoms with Crippen molar-refractivity contribution >= 4 is 11.5 Å². The second-order valence-corrected chi connectivity index (χ2v) is 5.77. The van der Waals surface area contributed by atoms with Crippen molar-refractivity contribution in [3.63, 3.8) is 0 Å². The summed E-state index contributed by atoms with van der Waals surface area (Å²) < 4.78 is 1.61. The summed E-state index contributed by atoms with van der Waals surface area (Å²) in [6.07, 6.45) is 4.64. The Morgan fingerprint density at radius 3 is 2.50 bits per heavy atom. The molecule has 2 aliphatic rings. The molecule has 1 saturated heterocycles. The molecule has 1 aliphatic carbocycles. The van der Waals surface area contributed by atoms with Gasteiger partial charge in [-0.2, -0.15) is 0 Å². The van der Waals surface area contributed by atoms with Crippen molar-refractivity contribution in [3.05, 3.63) is 11.1 Å². The minimum absolute atomic E-state index is 0.845. The lowest BCUT2D eigenvalue weighted by atomic mass is 9.92. The molecule has 0 spiro atoms. The van der Waals surface area contributed by atoms with Gasteiger partial charge in [0, 0.05) is 37.3 Å². The molecular weight excluding hydrogens is 254 g/mol. The van der Waals surface area contributed by atoms with E-state index in [1.165, 1.54) is 24.0 Å². The van der Waals surface area contributed by atoms with Gasteiger partial charge < -0.3 is 9.80 Å². The molecular formula is C13H19N7. The molecule has 3 heterocycles. The van der Waals surface area contributed by atoms with E-state index in [4.69, 9.17) is 0 Å². The predicted molar refractivity (Wildman–Crippen MR) is 74.9 cm³/mol. The van der Waals surface area contributed by atoms with E-state index in [0.29, 0.717) is 0 Å². The normalized spacial score (nSPS) is 20.4. The van der Waals surface area contributed by atoms with Gasteiger partial charge in [-0.25, -0.2) is 0 Å².